The fourth-order valence-electron chi connectivity index (χ4n) is 9.29. The molecule has 0 aromatic heterocycles. The summed E-state index contributed by atoms with van der Waals surface area (Å²) in [4.78, 5) is 0. The van der Waals surface area contributed by atoms with Crippen LogP contribution in [0.2, 0.25) is 10.1 Å². The van der Waals surface area contributed by atoms with E-state index in [9.17, 15) is 0 Å². The standard InChI is InChI=1S/C46H56Si/c1-43(2,3)35-21-13-17-31(25-35)39-23-15-19-33-27-37(29-41(33)39)47(45(7,8)9,46(10,11)12)38-28-34-20-16-24-40(42(34)30-38)32-18-14-22-36(26-32)44(4,5)6/h13-26,29-30H,27-28H2,1-12H3. The van der Waals surface area contributed by atoms with Crippen molar-refractivity contribution in [2.75, 3.05) is 0 Å². The average molecular weight is 637 g/mol. The number of rotatable bonds is 4. The number of fused-ring (bicyclic) bond motifs is 2. The first-order chi connectivity index (χ1) is 21.8. The van der Waals surface area contributed by atoms with Gasteiger partial charge in [-0.05, 0) is 89.4 Å². The van der Waals surface area contributed by atoms with Crippen molar-refractivity contribution in [3.8, 4) is 22.3 Å². The fourth-order valence-corrected chi connectivity index (χ4v) is 17.4. The molecule has 6 rings (SSSR count). The summed E-state index contributed by atoms with van der Waals surface area (Å²) in [6, 6.07) is 32.5. The third-order valence-corrected chi connectivity index (χ3v) is 18.2. The Morgan fingerprint density at radius 3 is 1.15 bits per heavy atom. The van der Waals surface area contributed by atoms with E-state index in [2.05, 4.69) is 180 Å². The minimum atomic E-state index is -2.34. The summed E-state index contributed by atoms with van der Waals surface area (Å²) in [5.41, 5.74) is 14.3. The molecule has 0 radical (unpaired) electrons. The minimum absolute atomic E-state index is 0.117. The zero-order chi connectivity index (χ0) is 34.2. The lowest BCUT2D eigenvalue weighted by Crippen LogP contribution is -2.56. The predicted molar refractivity (Wildman–Crippen MR) is 210 cm³/mol. The van der Waals surface area contributed by atoms with Crippen molar-refractivity contribution in [2.24, 2.45) is 0 Å². The van der Waals surface area contributed by atoms with Crippen LogP contribution < -0.4 is 0 Å². The molecule has 0 heterocycles. The van der Waals surface area contributed by atoms with E-state index in [0.29, 0.717) is 0 Å². The van der Waals surface area contributed by atoms with Crippen molar-refractivity contribution in [3.63, 3.8) is 0 Å². The maximum Gasteiger partial charge on any atom is 0.120 e. The third-order valence-electron chi connectivity index (χ3n) is 11.1. The molecule has 0 saturated carbocycles. The molecule has 0 atom stereocenters. The van der Waals surface area contributed by atoms with Crippen molar-refractivity contribution >= 4 is 20.2 Å². The summed E-state index contributed by atoms with van der Waals surface area (Å²) >= 11 is 0. The largest absolute Gasteiger partial charge is 0.120 e. The Kier molecular flexibility index (Phi) is 8.07. The Morgan fingerprint density at radius 1 is 0.447 bits per heavy atom. The molecular formula is C46H56Si. The Balaban J connectivity index is 1.52. The van der Waals surface area contributed by atoms with Gasteiger partial charge in [-0.25, -0.2) is 0 Å². The Bertz CT molecular complexity index is 1760. The Morgan fingerprint density at radius 2 is 0.809 bits per heavy atom. The van der Waals surface area contributed by atoms with Gasteiger partial charge < -0.3 is 0 Å². The van der Waals surface area contributed by atoms with Crippen molar-refractivity contribution in [1.82, 2.24) is 0 Å². The summed E-state index contributed by atoms with van der Waals surface area (Å²) in [7, 11) is -2.34. The second-order valence-electron chi connectivity index (χ2n) is 18.4. The molecule has 244 valence electrons. The van der Waals surface area contributed by atoms with Gasteiger partial charge in [-0.2, -0.15) is 0 Å². The number of hydrogen-bond acceptors (Lipinski definition) is 0. The molecule has 4 aromatic rings. The predicted octanol–water partition coefficient (Wildman–Crippen LogP) is 13.3. The Hall–Kier alpha value is -3.42. The molecule has 0 spiro atoms. The van der Waals surface area contributed by atoms with E-state index >= 15 is 0 Å². The minimum Gasteiger partial charge on any atom is -0.0699 e. The van der Waals surface area contributed by atoms with E-state index < -0.39 is 8.07 Å². The molecule has 2 aliphatic rings. The van der Waals surface area contributed by atoms with Gasteiger partial charge in [0.25, 0.3) is 0 Å². The molecule has 1 heteroatoms. The molecule has 0 bridgehead atoms. The molecule has 0 saturated heterocycles. The van der Waals surface area contributed by atoms with E-state index in [1.807, 2.05) is 0 Å². The van der Waals surface area contributed by atoms with Gasteiger partial charge >= 0.3 is 0 Å². The van der Waals surface area contributed by atoms with Crippen molar-refractivity contribution in [3.05, 3.63) is 129 Å². The maximum absolute atomic E-state index is 2.66. The lowest BCUT2D eigenvalue weighted by Gasteiger charge is -2.54. The van der Waals surface area contributed by atoms with Crippen LogP contribution in [0.5, 0.6) is 0 Å². The maximum atomic E-state index is 2.66. The molecule has 0 amide bonds. The smallest absolute Gasteiger partial charge is 0.0699 e. The molecule has 4 aromatic carbocycles. The van der Waals surface area contributed by atoms with Crippen LogP contribution in [0.15, 0.2) is 95.3 Å². The normalized spacial score (nSPS) is 15.3. The van der Waals surface area contributed by atoms with Gasteiger partial charge in [0, 0.05) is 0 Å². The highest BCUT2D eigenvalue weighted by atomic mass is 28.3. The summed E-state index contributed by atoms with van der Waals surface area (Å²) in [5.74, 6) is 0. The summed E-state index contributed by atoms with van der Waals surface area (Å²) in [5, 5.41) is 3.65. The second-order valence-corrected chi connectivity index (χ2v) is 24.1. The molecule has 0 unspecified atom stereocenters. The van der Waals surface area contributed by atoms with Crippen LogP contribution in [-0.4, -0.2) is 8.07 Å². The van der Waals surface area contributed by atoms with Crippen LogP contribution in [0.4, 0.5) is 0 Å². The summed E-state index contributed by atoms with van der Waals surface area (Å²) in [6.07, 6.45) is 7.43. The molecule has 0 aliphatic heterocycles. The first-order valence-corrected chi connectivity index (χ1v) is 19.7. The quantitative estimate of drug-likeness (QED) is 0.196. The summed E-state index contributed by atoms with van der Waals surface area (Å²) in [6.45, 7) is 29.1. The van der Waals surface area contributed by atoms with Crippen molar-refractivity contribution in [2.45, 2.75) is 117 Å². The highest BCUT2D eigenvalue weighted by Gasteiger charge is 2.58. The highest BCUT2D eigenvalue weighted by molar-refractivity contribution is 6.98. The van der Waals surface area contributed by atoms with E-state index in [4.69, 9.17) is 0 Å². The van der Waals surface area contributed by atoms with Crippen LogP contribution in [0.3, 0.4) is 0 Å². The van der Waals surface area contributed by atoms with Gasteiger partial charge in [0.15, 0.2) is 0 Å². The molecule has 0 N–H and O–H groups in total. The molecule has 47 heavy (non-hydrogen) atoms. The Labute approximate surface area is 287 Å². The van der Waals surface area contributed by atoms with Crippen LogP contribution in [0.25, 0.3) is 34.4 Å². The highest BCUT2D eigenvalue weighted by Crippen LogP contribution is 2.62. The first-order valence-electron chi connectivity index (χ1n) is 17.7. The van der Waals surface area contributed by atoms with Gasteiger partial charge in [0.05, 0.1) is 0 Å². The monoisotopic (exact) mass is 636 g/mol. The van der Waals surface area contributed by atoms with E-state index in [-0.39, 0.29) is 20.9 Å². The number of allylic oxidation sites excluding steroid dienone is 2. The average Bonchev–Trinajstić information content (AvgIpc) is 3.60. The van der Waals surface area contributed by atoms with Gasteiger partial charge in [0.2, 0.25) is 0 Å². The zero-order valence-corrected chi connectivity index (χ0v) is 32.2. The second kappa shape index (κ2) is 11.3. The lowest BCUT2D eigenvalue weighted by atomic mass is 9.85. The molecule has 0 fully saturated rings. The van der Waals surface area contributed by atoms with Crippen LogP contribution >= 0.6 is 0 Å². The lowest BCUT2D eigenvalue weighted by molar-refractivity contribution is 0.590. The first kappa shape index (κ1) is 33.5. The zero-order valence-electron chi connectivity index (χ0n) is 31.2. The van der Waals surface area contributed by atoms with Crippen LogP contribution in [0, 0.1) is 0 Å². The topological polar surface area (TPSA) is 0 Å². The molecule has 2 aliphatic carbocycles. The molecular weight excluding hydrogens is 581 g/mol. The van der Waals surface area contributed by atoms with Crippen molar-refractivity contribution < 1.29 is 0 Å². The SMILES string of the molecule is CC(C)(C)c1cccc(-c2cccc3c2C=C([Si](C2=Cc4c(cccc4-c4cccc(C(C)(C)C)c4)C2)(C(C)(C)C)C(C)(C)C)C3)c1. The third kappa shape index (κ3) is 5.73. The van der Waals surface area contributed by atoms with E-state index in [1.165, 1.54) is 55.6 Å². The molecule has 0 nitrogen and oxygen atoms in total. The number of benzene rings is 4. The van der Waals surface area contributed by atoms with Gasteiger partial charge in [0.1, 0.15) is 8.07 Å². The van der Waals surface area contributed by atoms with Crippen LogP contribution in [-0.2, 0) is 23.7 Å². The van der Waals surface area contributed by atoms with E-state index in [0.717, 1.165) is 12.8 Å². The number of hydrogen-bond donors (Lipinski definition) is 0. The van der Waals surface area contributed by atoms with E-state index in [1.54, 1.807) is 10.4 Å². The van der Waals surface area contributed by atoms with Gasteiger partial charge in [-0.15, -0.1) is 0 Å². The summed E-state index contributed by atoms with van der Waals surface area (Å²) < 4.78 is 0. The van der Waals surface area contributed by atoms with Gasteiger partial charge in [-0.3, -0.25) is 0 Å². The van der Waals surface area contributed by atoms with Crippen LogP contribution in [0.1, 0.15) is 116 Å². The van der Waals surface area contributed by atoms with Crippen molar-refractivity contribution in [1.29, 1.82) is 0 Å². The fraction of sp³-hybridized carbons (Fsp3) is 0.391. The van der Waals surface area contributed by atoms with Gasteiger partial charge in [-0.1, -0.05) is 191 Å².